The molecule has 7 nitrogen and oxygen atoms in total. The van der Waals surface area contributed by atoms with Gasteiger partial charge in [0.1, 0.15) is 17.6 Å². The fraction of sp³-hybridized carbons (Fsp3) is 0.190. The molecule has 3 aromatic rings. The predicted octanol–water partition coefficient (Wildman–Crippen LogP) is 4.04. The minimum Gasteiger partial charge on any atom is -0.497 e. The number of ether oxygens (including phenoxy) is 1. The first-order valence-corrected chi connectivity index (χ1v) is 9.44. The molecule has 2 N–H and O–H groups in total. The van der Waals surface area contributed by atoms with E-state index in [0.29, 0.717) is 22.3 Å². The van der Waals surface area contributed by atoms with E-state index in [4.69, 9.17) is 16.3 Å². The lowest BCUT2D eigenvalue weighted by Crippen LogP contribution is -2.23. The van der Waals surface area contributed by atoms with Crippen molar-refractivity contribution in [3.63, 3.8) is 0 Å². The molecule has 0 bridgehead atoms. The van der Waals surface area contributed by atoms with Crippen molar-refractivity contribution in [2.24, 2.45) is 0 Å². The molecular formula is C21H19ClN4O3. The van der Waals surface area contributed by atoms with E-state index in [2.05, 4.69) is 15.7 Å². The average Bonchev–Trinajstić information content (AvgIpc) is 3.15. The number of aromatic nitrogens is 2. The van der Waals surface area contributed by atoms with Crippen molar-refractivity contribution in [3.8, 4) is 16.9 Å². The number of benzene rings is 2. The SMILES string of the molecule is COc1cccc(-c2c(C)nn3c2NC(=O)C3CC(=O)Nc2cccc(Cl)c2)c1. The van der Waals surface area contributed by atoms with E-state index in [1.165, 1.54) is 0 Å². The lowest BCUT2D eigenvalue weighted by molar-refractivity contribution is -0.123. The van der Waals surface area contributed by atoms with Crippen LogP contribution in [0.15, 0.2) is 48.5 Å². The average molecular weight is 411 g/mol. The van der Waals surface area contributed by atoms with E-state index in [0.717, 1.165) is 16.8 Å². The van der Waals surface area contributed by atoms with Crippen molar-refractivity contribution in [1.82, 2.24) is 9.78 Å². The smallest absolute Gasteiger partial charge is 0.251 e. The van der Waals surface area contributed by atoms with Crippen molar-refractivity contribution >= 4 is 34.9 Å². The molecule has 29 heavy (non-hydrogen) atoms. The van der Waals surface area contributed by atoms with E-state index >= 15 is 0 Å². The molecule has 2 heterocycles. The topological polar surface area (TPSA) is 85.2 Å². The second-order valence-electron chi connectivity index (χ2n) is 6.75. The van der Waals surface area contributed by atoms with Gasteiger partial charge in [-0.05, 0) is 42.8 Å². The number of hydrogen-bond donors (Lipinski definition) is 2. The molecule has 2 amide bonds. The highest BCUT2D eigenvalue weighted by Crippen LogP contribution is 2.39. The van der Waals surface area contributed by atoms with E-state index in [1.807, 2.05) is 31.2 Å². The third-order valence-electron chi connectivity index (χ3n) is 4.77. The number of amides is 2. The molecule has 4 rings (SSSR count). The van der Waals surface area contributed by atoms with Gasteiger partial charge in [-0.25, -0.2) is 4.68 Å². The second-order valence-corrected chi connectivity index (χ2v) is 7.19. The van der Waals surface area contributed by atoms with Crippen LogP contribution in [-0.4, -0.2) is 28.7 Å². The number of fused-ring (bicyclic) bond motifs is 1. The van der Waals surface area contributed by atoms with Crippen LogP contribution >= 0.6 is 11.6 Å². The van der Waals surface area contributed by atoms with Crippen LogP contribution in [0.1, 0.15) is 18.2 Å². The fourth-order valence-corrected chi connectivity index (χ4v) is 3.65. The van der Waals surface area contributed by atoms with Crippen LogP contribution in [0, 0.1) is 6.92 Å². The van der Waals surface area contributed by atoms with Gasteiger partial charge in [0.15, 0.2) is 0 Å². The van der Waals surface area contributed by atoms with E-state index in [9.17, 15) is 9.59 Å². The van der Waals surface area contributed by atoms with Crippen molar-refractivity contribution < 1.29 is 14.3 Å². The lowest BCUT2D eigenvalue weighted by Gasteiger charge is -2.10. The molecule has 148 valence electrons. The zero-order chi connectivity index (χ0) is 20.5. The minimum atomic E-state index is -0.720. The summed E-state index contributed by atoms with van der Waals surface area (Å²) in [6.07, 6.45) is -0.0377. The van der Waals surface area contributed by atoms with Gasteiger partial charge in [-0.1, -0.05) is 29.8 Å². The van der Waals surface area contributed by atoms with Crippen molar-refractivity contribution in [1.29, 1.82) is 0 Å². The summed E-state index contributed by atoms with van der Waals surface area (Å²) in [6, 6.07) is 13.7. The number of anilines is 2. The third-order valence-corrected chi connectivity index (χ3v) is 5.01. The summed E-state index contributed by atoms with van der Waals surface area (Å²) in [6.45, 7) is 1.87. The quantitative estimate of drug-likeness (QED) is 0.664. The number of aryl methyl sites for hydroxylation is 1. The van der Waals surface area contributed by atoms with Crippen molar-refractivity contribution in [3.05, 3.63) is 59.2 Å². The molecule has 8 heteroatoms. The van der Waals surface area contributed by atoms with Gasteiger partial charge < -0.3 is 15.4 Å². The Labute approximate surface area is 172 Å². The first-order valence-electron chi connectivity index (χ1n) is 9.06. The highest BCUT2D eigenvalue weighted by atomic mass is 35.5. The first kappa shape index (κ1) is 19.0. The first-order chi connectivity index (χ1) is 14.0. The summed E-state index contributed by atoms with van der Waals surface area (Å²) in [4.78, 5) is 25.0. The van der Waals surface area contributed by atoms with Gasteiger partial charge in [-0.2, -0.15) is 5.10 Å². The normalized spacial score (nSPS) is 15.0. The largest absolute Gasteiger partial charge is 0.497 e. The van der Waals surface area contributed by atoms with Gasteiger partial charge in [0.25, 0.3) is 5.91 Å². The molecule has 0 radical (unpaired) electrons. The number of nitrogens with zero attached hydrogens (tertiary/aromatic N) is 2. The van der Waals surface area contributed by atoms with Crippen LogP contribution in [0.4, 0.5) is 11.5 Å². The van der Waals surface area contributed by atoms with Crippen LogP contribution in [0.3, 0.4) is 0 Å². The summed E-state index contributed by atoms with van der Waals surface area (Å²) < 4.78 is 6.88. The highest BCUT2D eigenvalue weighted by Gasteiger charge is 2.36. The molecule has 0 saturated carbocycles. The monoisotopic (exact) mass is 410 g/mol. The molecule has 2 aromatic carbocycles. The summed E-state index contributed by atoms with van der Waals surface area (Å²) in [5, 5.41) is 10.7. The molecule has 1 aliphatic heterocycles. The minimum absolute atomic E-state index is 0.0377. The van der Waals surface area contributed by atoms with Gasteiger partial charge in [0.2, 0.25) is 5.91 Å². The number of carbonyl (C=O) groups is 2. The van der Waals surface area contributed by atoms with Crippen LogP contribution in [-0.2, 0) is 9.59 Å². The molecule has 0 aliphatic carbocycles. The second kappa shape index (κ2) is 7.60. The maximum Gasteiger partial charge on any atom is 0.251 e. The van der Waals surface area contributed by atoms with E-state index in [1.54, 1.807) is 36.1 Å². The number of methoxy groups -OCH3 is 1. The van der Waals surface area contributed by atoms with E-state index in [-0.39, 0.29) is 18.2 Å². The zero-order valence-corrected chi connectivity index (χ0v) is 16.7. The molecular weight excluding hydrogens is 392 g/mol. The maximum atomic E-state index is 12.6. The van der Waals surface area contributed by atoms with Crippen molar-refractivity contribution in [2.45, 2.75) is 19.4 Å². The molecule has 1 atom stereocenters. The van der Waals surface area contributed by atoms with Gasteiger partial charge in [0.05, 0.1) is 19.2 Å². The number of carbonyl (C=O) groups excluding carboxylic acids is 2. The summed E-state index contributed by atoms with van der Waals surface area (Å²) in [5.41, 5.74) is 3.03. The fourth-order valence-electron chi connectivity index (χ4n) is 3.46. The Bertz CT molecular complexity index is 1110. The Hall–Kier alpha value is -3.32. The van der Waals surface area contributed by atoms with Gasteiger partial charge in [0, 0.05) is 16.3 Å². The summed E-state index contributed by atoms with van der Waals surface area (Å²) in [7, 11) is 1.60. The lowest BCUT2D eigenvalue weighted by atomic mass is 10.1. The molecule has 1 aromatic heterocycles. The summed E-state index contributed by atoms with van der Waals surface area (Å²) >= 11 is 5.95. The Morgan fingerprint density at radius 3 is 2.83 bits per heavy atom. The van der Waals surface area contributed by atoms with E-state index < -0.39 is 6.04 Å². The Morgan fingerprint density at radius 1 is 1.28 bits per heavy atom. The molecule has 0 spiro atoms. The van der Waals surface area contributed by atoms with Gasteiger partial charge >= 0.3 is 0 Å². The highest BCUT2D eigenvalue weighted by molar-refractivity contribution is 6.30. The number of hydrogen-bond acceptors (Lipinski definition) is 4. The number of nitrogens with one attached hydrogen (secondary N) is 2. The Kier molecular flexibility index (Phi) is 4.98. The molecule has 0 fully saturated rings. The predicted molar refractivity (Wildman–Crippen MR) is 111 cm³/mol. The van der Waals surface area contributed by atoms with Gasteiger partial charge in [-0.15, -0.1) is 0 Å². The summed E-state index contributed by atoms with van der Waals surface area (Å²) in [5.74, 6) is 0.735. The number of rotatable bonds is 5. The van der Waals surface area contributed by atoms with Crippen LogP contribution in [0.5, 0.6) is 5.75 Å². The van der Waals surface area contributed by atoms with Crippen LogP contribution in [0.25, 0.3) is 11.1 Å². The van der Waals surface area contributed by atoms with Crippen molar-refractivity contribution in [2.75, 3.05) is 17.7 Å². The number of halogens is 1. The maximum absolute atomic E-state index is 12.6. The van der Waals surface area contributed by atoms with Gasteiger partial charge in [-0.3, -0.25) is 9.59 Å². The molecule has 1 aliphatic rings. The Morgan fingerprint density at radius 2 is 2.07 bits per heavy atom. The molecule has 1 unspecified atom stereocenters. The van der Waals surface area contributed by atoms with Crippen LogP contribution in [0.2, 0.25) is 5.02 Å². The zero-order valence-electron chi connectivity index (χ0n) is 15.9. The standard InChI is InChI=1S/C21H19ClN4O3/c1-12-19(13-5-3-8-16(9-13)29-2)20-24-21(28)17(26(20)25-12)11-18(27)23-15-7-4-6-14(22)10-15/h3-10,17H,11H2,1-2H3,(H,23,27)(H,24,28). The van der Waals surface area contributed by atoms with Crippen LogP contribution < -0.4 is 15.4 Å². The third kappa shape index (κ3) is 3.69. The Balaban J connectivity index is 1.59. The molecule has 0 saturated heterocycles.